The van der Waals surface area contributed by atoms with Crippen molar-refractivity contribution in [2.75, 3.05) is 0 Å². The van der Waals surface area contributed by atoms with Gasteiger partial charge in [-0.1, -0.05) is 0 Å². The quantitative estimate of drug-likeness (QED) is 0.730. The molecule has 0 unspecified atom stereocenters. The van der Waals surface area contributed by atoms with Crippen molar-refractivity contribution in [1.82, 2.24) is 20.2 Å². The van der Waals surface area contributed by atoms with E-state index in [1.165, 1.54) is 0 Å². The van der Waals surface area contributed by atoms with Crippen LogP contribution >= 0.6 is 0 Å². The fraction of sp³-hybridized carbons (Fsp3) is 0.0769. The lowest BCUT2D eigenvalue weighted by Gasteiger charge is -2.02. The van der Waals surface area contributed by atoms with E-state index in [-0.39, 0.29) is 5.56 Å². The van der Waals surface area contributed by atoms with Gasteiger partial charge in [-0.25, -0.2) is 10.1 Å². The van der Waals surface area contributed by atoms with Crippen molar-refractivity contribution in [2.45, 2.75) is 6.42 Å². The minimum atomic E-state index is -0.260. The van der Waals surface area contributed by atoms with Gasteiger partial charge in [0, 0.05) is 29.9 Å². The molecule has 0 amide bonds. The smallest absolute Gasteiger partial charge is 0.266 e. The van der Waals surface area contributed by atoms with E-state index >= 15 is 0 Å². The topological polar surface area (TPSA) is 71.5 Å². The molecule has 0 saturated heterocycles. The Balaban J connectivity index is 2.04. The highest BCUT2D eigenvalue weighted by Crippen LogP contribution is 2.10. The standard InChI is InChI=1S/C13H10N4O/c18-13-12-10(8-15-17-13)1-2-11(16-12)7-9-3-5-14-6-4-9/h1-6,8H,7H2,(H,17,18). The van der Waals surface area contributed by atoms with E-state index < -0.39 is 0 Å². The number of nitrogens with zero attached hydrogens (tertiary/aromatic N) is 3. The summed E-state index contributed by atoms with van der Waals surface area (Å²) in [6, 6.07) is 7.64. The monoisotopic (exact) mass is 238 g/mol. The van der Waals surface area contributed by atoms with E-state index in [2.05, 4.69) is 20.2 Å². The lowest BCUT2D eigenvalue weighted by Crippen LogP contribution is -2.10. The highest BCUT2D eigenvalue weighted by atomic mass is 16.1. The summed E-state index contributed by atoms with van der Waals surface area (Å²) in [6.07, 6.45) is 5.76. The number of aromatic amines is 1. The largest absolute Gasteiger partial charge is 0.290 e. The Kier molecular flexibility index (Phi) is 2.57. The molecule has 5 heteroatoms. The summed E-state index contributed by atoms with van der Waals surface area (Å²) >= 11 is 0. The first-order valence-corrected chi connectivity index (χ1v) is 5.55. The van der Waals surface area contributed by atoms with Crippen LogP contribution in [0.2, 0.25) is 0 Å². The first kappa shape index (κ1) is 10.6. The predicted molar refractivity (Wildman–Crippen MR) is 67.2 cm³/mol. The maximum Gasteiger partial charge on any atom is 0.290 e. The van der Waals surface area contributed by atoms with Crippen molar-refractivity contribution in [3.63, 3.8) is 0 Å². The summed E-state index contributed by atoms with van der Waals surface area (Å²) in [5.41, 5.74) is 2.13. The number of pyridine rings is 2. The average molecular weight is 238 g/mol. The second-order valence-electron chi connectivity index (χ2n) is 3.97. The van der Waals surface area contributed by atoms with Crippen molar-refractivity contribution in [2.24, 2.45) is 0 Å². The van der Waals surface area contributed by atoms with E-state index in [1.54, 1.807) is 18.6 Å². The molecule has 0 aromatic carbocycles. The van der Waals surface area contributed by atoms with E-state index in [0.29, 0.717) is 11.9 Å². The van der Waals surface area contributed by atoms with Crippen molar-refractivity contribution in [3.8, 4) is 0 Å². The summed E-state index contributed by atoms with van der Waals surface area (Å²) < 4.78 is 0. The van der Waals surface area contributed by atoms with Crippen LogP contribution in [0.4, 0.5) is 0 Å². The SMILES string of the molecule is O=c1[nH]ncc2ccc(Cc3ccncc3)nc12. The Morgan fingerprint density at radius 3 is 2.78 bits per heavy atom. The Bertz CT molecular complexity index is 737. The molecule has 0 bridgehead atoms. The van der Waals surface area contributed by atoms with E-state index in [9.17, 15) is 4.79 Å². The van der Waals surface area contributed by atoms with Crippen LogP contribution in [0.15, 0.2) is 47.7 Å². The lowest BCUT2D eigenvalue weighted by atomic mass is 10.1. The molecular weight excluding hydrogens is 228 g/mol. The van der Waals surface area contributed by atoms with Crippen LogP contribution in [-0.4, -0.2) is 20.2 Å². The van der Waals surface area contributed by atoms with Crippen LogP contribution < -0.4 is 5.56 Å². The molecule has 0 radical (unpaired) electrons. The molecule has 0 atom stereocenters. The summed E-state index contributed by atoms with van der Waals surface area (Å²) in [5.74, 6) is 0. The third kappa shape index (κ3) is 1.98. The number of hydrogen-bond donors (Lipinski definition) is 1. The van der Waals surface area contributed by atoms with Gasteiger partial charge in [0.25, 0.3) is 5.56 Å². The maximum atomic E-state index is 11.6. The van der Waals surface area contributed by atoms with Gasteiger partial charge in [0.05, 0.1) is 6.20 Å². The zero-order valence-electron chi connectivity index (χ0n) is 9.50. The molecule has 3 aromatic heterocycles. The fourth-order valence-corrected chi connectivity index (χ4v) is 1.82. The molecule has 0 aliphatic carbocycles. The highest BCUT2D eigenvalue weighted by Gasteiger charge is 2.03. The van der Waals surface area contributed by atoms with Crippen LogP contribution in [0.25, 0.3) is 10.9 Å². The molecule has 0 fully saturated rings. The number of aromatic nitrogens is 4. The molecule has 18 heavy (non-hydrogen) atoms. The molecule has 3 rings (SSSR count). The molecule has 0 spiro atoms. The number of rotatable bonds is 2. The Morgan fingerprint density at radius 2 is 1.94 bits per heavy atom. The second kappa shape index (κ2) is 4.37. The fourth-order valence-electron chi connectivity index (χ4n) is 1.82. The summed E-state index contributed by atoms with van der Waals surface area (Å²) in [5, 5.41) is 6.88. The zero-order valence-corrected chi connectivity index (χ0v) is 9.50. The molecule has 1 N–H and O–H groups in total. The Hall–Kier alpha value is -2.56. The highest BCUT2D eigenvalue weighted by molar-refractivity contribution is 5.76. The molecule has 3 aromatic rings. The minimum Gasteiger partial charge on any atom is -0.266 e. The zero-order chi connectivity index (χ0) is 12.4. The molecule has 5 nitrogen and oxygen atoms in total. The van der Waals surface area contributed by atoms with Gasteiger partial charge >= 0.3 is 0 Å². The first-order chi connectivity index (χ1) is 8.83. The Morgan fingerprint density at radius 1 is 1.11 bits per heavy atom. The van der Waals surface area contributed by atoms with Crippen LogP contribution in [0.1, 0.15) is 11.3 Å². The van der Waals surface area contributed by atoms with Gasteiger partial charge in [-0.15, -0.1) is 0 Å². The number of fused-ring (bicyclic) bond motifs is 1. The van der Waals surface area contributed by atoms with Gasteiger partial charge in [0.1, 0.15) is 5.52 Å². The van der Waals surface area contributed by atoms with Gasteiger partial charge < -0.3 is 0 Å². The van der Waals surface area contributed by atoms with Gasteiger partial charge in [-0.05, 0) is 29.8 Å². The summed E-state index contributed by atoms with van der Waals surface area (Å²) in [4.78, 5) is 19.9. The van der Waals surface area contributed by atoms with Crippen LogP contribution in [0.3, 0.4) is 0 Å². The van der Waals surface area contributed by atoms with Gasteiger partial charge in [-0.2, -0.15) is 5.10 Å². The predicted octanol–water partition coefficient (Wildman–Crippen LogP) is 1.30. The minimum absolute atomic E-state index is 0.260. The van der Waals surface area contributed by atoms with Crippen molar-refractivity contribution in [3.05, 3.63) is 64.5 Å². The van der Waals surface area contributed by atoms with Crippen LogP contribution in [0.5, 0.6) is 0 Å². The molecule has 0 aliphatic rings. The third-order valence-electron chi connectivity index (χ3n) is 2.70. The lowest BCUT2D eigenvalue weighted by molar-refractivity contribution is 0.993. The third-order valence-corrected chi connectivity index (χ3v) is 2.70. The molecule has 0 aliphatic heterocycles. The second-order valence-corrected chi connectivity index (χ2v) is 3.97. The van der Waals surface area contributed by atoms with Crippen molar-refractivity contribution in [1.29, 1.82) is 0 Å². The number of H-pyrrole nitrogens is 1. The Labute approximate surface area is 103 Å². The van der Waals surface area contributed by atoms with Gasteiger partial charge in [0.2, 0.25) is 0 Å². The first-order valence-electron chi connectivity index (χ1n) is 5.55. The van der Waals surface area contributed by atoms with Crippen molar-refractivity contribution >= 4 is 10.9 Å². The van der Waals surface area contributed by atoms with Gasteiger partial charge in [-0.3, -0.25) is 9.78 Å². The van der Waals surface area contributed by atoms with Crippen LogP contribution in [0, 0.1) is 0 Å². The van der Waals surface area contributed by atoms with E-state index in [4.69, 9.17) is 0 Å². The summed E-state index contributed by atoms with van der Waals surface area (Å²) in [6.45, 7) is 0. The number of hydrogen-bond acceptors (Lipinski definition) is 4. The summed E-state index contributed by atoms with van der Waals surface area (Å²) in [7, 11) is 0. The van der Waals surface area contributed by atoms with E-state index in [0.717, 1.165) is 16.6 Å². The molecule has 3 heterocycles. The molecular formula is C13H10N4O. The maximum absolute atomic E-state index is 11.6. The molecule has 0 saturated carbocycles. The average Bonchev–Trinajstić information content (AvgIpc) is 2.41. The normalized spacial score (nSPS) is 10.7. The number of nitrogens with one attached hydrogen (secondary N) is 1. The van der Waals surface area contributed by atoms with E-state index in [1.807, 2.05) is 24.3 Å². The molecule has 88 valence electrons. The van der Waals surface area contributed by atoms with Gasteiger partial charge in [0.15, 0.2) is 0 Å². The van der Waals surface area contributed by atoms with Crippen molar-refractivity contribution < 1.29 is 0 Å². The van der Waals surface area contributed by atoms with Crippen LogP contribution in [-0.2, 0) is 6.42 Å².